The highest BCUT2D eigenvalue weighted by Gasteiger charge is 2.23. The Morgan fingerprint density at radius 2 is 2.12 bits per heavy atom. The third-order valence-corrected chi connectivity index (χ3v) is 3.86. The van der Waals surface area contributed by atoms with Crippen LogP contribution in [0.2, 0.25) is 0 Å². The first-order valence-corrected chi connectivity index (χ1v) is 7.00. The molecule has 0 radical (unpaired) electrons. The van der Waals surface area contributed by atoms with Gasteiger partial charge < -0.3 is 15.5 Å². The van der Waals surface area contributed by atoms with Crippen molar-refractivity contribution in [2.45, 2.75) is 6.04 Å². The van der Waals surface area contributed by atoms with Crippen molar-refractivity contribution in [3.05, 3.63) is 0 Å². The average Bonchev–Trinajstić information content (AvgIpc) is 2.90. The van der Waals surface area contributed by atoms with Gasteiger partial charge in [0, 0.05) is 37.8 Å². The molecule has 7 heteroatoms. The summed E-state index contributed by atoms with van der Waals surface area (Å²) in [6.45, 7) is 3.24. The first-order valence-electron chi connectivity index (χ1n) is 5.85. The van der Waals surface area contributed by atoms with Gasteiger partial charge >= 0.3 is 0 Å². The molecule has 0 aromatic carbocycles. The molecule has 2 heterocycles. The van der Waals surface area contributed by atoms with E-state index in [4.69, 9.17) is 0 Å². The zero-order valence-corrected chi connectivity index (χ0v) is 10.5. The molecule has 96 valence electrons. The summed E-state index contributed by atoms with van der Waals surface area (Å²) in [5.41, 5.74) is 0. The highest BCUT2D eigenvalue weighted by atomic mass is 32.2. The maximum atomic E-state index is 11.8. The van der Waals surface area contributed by atoms with Gasteiger partial charge in [0.15, 0.2) is 0 Å². The molecule has 0 aromatic heterocycles. The summed E-state index contributed by atoms with van der Waals surface area (Å²) in [4.78, 5) is 25.2. The van der Waals surface area contributed by atoms with Gasteiger partial charge in [0.1, 0.15) is 0 Å². The molecule has 0 saturated carbocycles. The Morgan fingerprint density at radius 3 is 2.76 bits per heavy atom. The van der Waals surface area contributed by atoms with Gasteiger partial charge in [-0.3, -0.25) is 14.9 Å². The molecule has 2 aliphatic rings. The van der Waals surface area contributed by atoms with Crippen LogP contribution in [0.4, 0.5) is 0 Å². The summed E-state index contributed by atoms with van der Waals surface area (Å²) < 4.78 is 0. The van der Waals surface area contributed by atoms with Gasteiger partial charge in [-0.05, 0) is 0 Å². The number of carbonyl (C=O) groups excluding carboxylic acids is 2. The van der Waals surface area contributed by atoms with E-state index in [1.54, 1.807) is 16.7 Å². The van der Waals surface area contributed by atoms with Gasteiger partial charge in [0.25, 0.3) is 0 Å². The lowest BCUT2D eigenvalue weighted by molar-refractivity contribution is -0.133. The number of rotatable bonds is 3. The lowest BCUT2D eigenvalue weighted by Gasteiger charge is -2.27. The predicted molar refractivity (Wildman–Crippen MR) is 66.7 cm³/mol. The summed E-state index contributed by atoms with van der Waals surface area (Å²) in [5.74, 6) is 1.53. The fraction of sp³-hybridized carbons (Fsp3) is 0.800. The number of hydrogen-bond acceptors (Lipinski definition) is 5. The Labute approximate surface area is 105 Å². The van der Waals surface area contributed by atoms with Gasteiger partial charge in [-0.1, -0.05) is 0 Å². The second-order valence-electron chi connectivity index (χ2n) is 4.12. The number of thioether (sulfide) groups is 1. The molecular weight excluding hydrogens is 240 g/mol. The van der Waals surface area contributed by atoms with Gasteiger partial charge in [-0.2, -0.15) is 0 Å². The minimum absolute atomic E-state index is 0.00509. The van der Waals surface area contributed by atoms with Crippen LogP contribution in [0.15, 0.2) is 0 Å². The minimum atomic E-state index is -0.143. The number of piperazine rings is 1. The van der Waals surface area contributed by atoms with Gasteiger partial charge in [-0.15, -0.1) is 11.8 Å². The van der Waals surface area contributed by atoms with Crippen molar-refractivity contribution in [1.82, 2.24) is 20.9 Å². The molecule has 1 atom stereocenters. The second-order valence-corrected chi connectivity index (χ2v) is 5.15. The minimum Gasteiger partial charge on any atom is -0.346 e. The van der Waals surface area contributed by atoms with E-state index in [2.05, 4.69) is 16.0 Å². The number of nitrogens with zero attached hydrogens (tertiary/aromatic N) is 1. The number of nitrogens with one attached hydrogen (secondary N) is 3. The Hall–Kier alpha value is -0.790. The van der Waals surface area contributed by atoms with E-state index in [-0.39, 0.29) is 24.4 Å². The summed E-state index contributed by atoms with van der Waals surface area (Å²) in [7, 11) is 0. The molecule has 3 N–H and O–H groups in total. The second kappa shape index (κ2) is 6.23. The molecule has 6 nitrogen and oxygen atoms in total. The highest BCUT2D eigenvalue weighted by molar-refractivity contribution is 7.99. The fourth-order valence-corrected chi connectivity index (χ4v) is 2.82. The quantitative estimate of drug-likeness (QED) is 0.557. The van der Waals surface area contributed by atoms with Crippen LogP contribution < -0.4 is 16.0 Å². The van der Waals surface area contributed by atoms with E-state index in [1.807, 2.05) is 0 Å². The third kappa shape index (κ3) is 3.58. The summed E-state index contributed by atoms with van der Waals surface area (Å²) in [6, 6.07) is -0.143. The zero-order valence-electron chi connectivity index (χ0n) is 9.70. The van der Waals surface area contributed by atoms with E-state index in [9.17, 15) is 9.59 Å². The summed E-state index contributed by atoms with van der Waals surface area (Å²) in [5, 5.41) is 8.96. The van der Waals surface area contributed by atoms with E-state index < -0.39 is 0 Å². The van der Waals surface area contributed by atoms with Crippen LogP contribution in [0.25, 0.3) is 0 Å². The number of amides is 2. The van der Waals surface area contributed by atoms with Crippen LogP contribution in [0.3, 0.4) is 0 Å². The van der Waals surface area contributed by atoms with E-state index in [0.717, 1.165) is 37.8 Å². The van der Waals surface area contributed by atoms with Crippen molar-refractivity contribution >= 4 is 23.6 Å². The fourth-order valence-electron chi connectivity index (χ4n) is 1.88. The Kier molecular flexibility index (Phi) is 4.64. The van der Waals surface area contributed by atoms with Crippen molar-refractivity contribution in [3.8, 4) is 0 Å². The highest BCUT2D eigenvalue weighted by Crippen LogP contribution is 2.09. The average molecular weight is 258 g/mol. The lowest BCUT2D eigenvalue weighted by Crippen LogP contribution is -2.51. The molecule has 1 unspecified atom stereocenters. The van der Waals surface area contributed by atoms with Crippen molar-refractivity contribution in [2.75, 3.05) is 44.4 Å². The predicted octanol–water partition coefficient (Wildman–Crippen LogP) is -1.80. The van der Waals surface area contributed by atoms with Crippen LogP contribution in [0, 0.1) is 0 Å². The summed E-state index contributed by atoms with van der Waals surface area (Å²) >= 11 is 1.70. The van der Waals surface area contributed by atoms with Gasteiger partial charge in [0.2, 0.25) is 11.8 Å². The Bertz CT molecular complexity index is 288. The van der Waals surface area contributed by atoms with E-state index in [0.29, 0.717) is 0 Å². The zero-order chi connectivity index (χ0) is 12.1. The molecule has 0 spiro atoms. The van der Waals surface area contributed by atoms with Crippen molar-refractivity contribution in [3.63, 3.8) is 0 Å². The SMILES string of the molecule is O=C(NCC(=O)N1CCNCC1)C1CSCN1. The molecule has 2 amide bonds. The molecule has 2 aliphatic heterocycles. The van der Waals surface area contributed by atoms with Crippen LogP contribution >= 0.6 is 11.8 Å². The lowest BCUT2D eigenvalue weighted by atomic mass is 10.3. The number of carbonyl (C=O) groups is 2. The van der Waals surface area contributed by atoms with Crippen LogP contribution in [0.1, 0.15) is 0 Å². The Balaban J connectivity index is 1.69. The van der Waals surface area contributed by atoms with Crippen LogP contribution in [-0.4, -0.2) is 67.1 Å². The summed E-state index contributed by atoms with van der Waals surface area (Å²) in [6.07, 6.45) is 0. The standard InChI is InChI=1S/C10H18N4O2S/c15-9(14-3-1-11-2-4-14)5-12-10(16)8-6-17-7-13-8/h8,11,13H,1-7H2,(H,12,16). The molecule has 2 rings (SSSR count). The topological polar surface area (TPSA) is 73.5 Å². The van der Waals surface area contributed by atoms with E-state index in [1.165, 1.54) is 0 Å². The normalized spacial score (nSPS) is 24.7. The first-order chi connectivity index (χ1) is 8.27. The van der Waals surface area contributed by atoms with E-state index >= 15 is 0 Å². The molecule has 0 aromatic rings. The van der Waals surface area contributed by atoms with Gasteiger partial charge in [-0.25, -0.2) is 0 Å². The molecule has 0 aliphatic carbocycles. The smallest absolute Gasteiger partial charge is 0.242 e. The maximum absolute atomic E-state index is 11.8. The third-order valence-electron chi connectivity index (χ3n) is 2.92. The maximum Gasteiger partial charge on any atom is 0.242 e. The van der Waals surface area contributed by atoms with Crippen molar-refractivity contribution in [1.29, 1.82) is 0 Å². The van der Waals surface area contributed by atoms with Gasteiger partial charge in [0.05, 0.1) is 12.6 Å². The molecular formula is C10H18N4O2S. The molecule has 2 saturated heterocycles. The number of hydrogen-bond donors (Lipinski definition) is 3. The molecule has 2 fully saturated rings. The first kappa shape index (κ1) is 12.7. The van der Waals surface area contributed by atoms with Crippen molar-refractivity contribution < 1.29 is 9.59 Å². The Morgan fingerprint density at radius 1 is 1.35 bits per heavy atom. The van der Waals surface area contributed by atoms with Crippen LogP contribution in [0.5, 0.6) is 0 Å². The van der Waals surface area contributed by atoms with Crippen molar-refractivity contribution in [2.24, 2.45) is 0 Å². The molecule has 17 heavy (non-hydrogen) atoms. The monoisotopic (exact) mass is 258 g/mol. The largest absolute Gasteiger partial charge is 0.346 e. The molecule has 0 bridgehead atoms. The van der Waals surface area contributed by atoms with Crippen LogP contribution in [-0.2, 0) is 9.59 Å².